The van der Waals surface area contributed by atoms with Crippen LogP contribution in [0, 0.1) is 6.92 Å². The molecule has 1 fully saturated rings. The fourth-order valence-electron chi connectivity index (χ4n) is 2.56. The van der Waals surface area contributed by atoms with Gasteiger partial charge in [-0.3, -0.25) is 9.59 Å². The zero-order valence-electron chi connectivity index (χ0n) is 14.6. The number of aliphatic imine (C=N–C) groups is 1. The monoisotopic (exact) mass is 367 g/mol. The number of nitrogens with zero attached hydrogens (tertiary/aromatic N) is 1. The highest BCUT2D eigenvalue weighted by Gasteiger charge is 2.31. The minimum atomic E-state index is -0.434. The van der Waals surface area contributed by atoms with E-state index in [4.69, 9.17) is 0 Å². The van der Waals surface area contributed by atoms with Crippen LogP contribution in [-0.4, -0.2) is 28.8 Å². The number of hydrogen-bond acceptors (Lipinski definition) is 4. The lowest BCUT2D eigenvalue weighted by Crippen LogP contribution is -2.32. The number of thioether (sulfide) groups is 1. The zero-order valence-corrected chi connectivity index (χ0v) is 15.4. The average molecular weight is 367 g/mol. The van der Waals surface area contributed by atoms with Crippen LogP contribution in [0.4, 0.5) is 5.69 Å². The van der Waals surface area contributed by atoms with Gasteiger partial charge in [-0.15, -0.1) is 0 Å². The minimum Gasteiger partial charge on any atom is -0.356 e. The van der Waals surface area contributed by atoms with Crippen LogP contribution in [0.2, 0.25) is 0 Å². The predicted octanol–water partition coefficient (Wildman–Crippen LogP) is 2.96. The summed E-state index contributed by atoms with van der Waals surface area (Å²) in [5, 5.41) is 5.73. The second-order valence-electron chi connectivity index (χ2n) is 6.14. The number of aryl methyl sites for hydroxylation is 1. The standard InChI is InChI=1S/C20H21N3O2S/c1-14-7-9-16(10-8-14)22-20-23-19(25)17(26-20)13-18(24)21-12-11-15-5-3-2-4-6-15/h2-10,17H,11-13H2,1H3,(H,21,24)(H,22,23,25)/t17-/m1/s1. The molecule has 2 aromatic carbocycles. The highest BCUT2D eigenvalue weighted by molar-refractivity contribution is 8.15. The van der Waals surface area contributed by atoms with E-state index in [1.54, 1.807) is 0 Å². The molecule has 0 aliphatic carbocycles. The van der Waals surface area contributed by atoms with Gasteiger partial charge in [0, 0.05) is 13.0 Å². The van der Waals surface area contributed by atoms with Gasteiger partial charge in [0.05, 0.1) is 5.69 Å². The second kappa shape index (κ2) is 8.67. The van der Waals surface area contributed by atoms with Crippen LogP contribution < -0.4 is 10.6 Å². The van der Waals surface area contributed by atoms with E-state index in [1.165, 1.54) is 17.3 Å². The van der Waals surface area contributed by atoms with Crippen LogP contribution in [0.1, 0.15) is 17.5 Å². The van der Waals surface area contributed by atoms with E-state index in [-0.39, 0.29) is 18.2 Å². The van der Waals surface area contributed by atoms with E-state index in [1.807, 2.05) is 61.5 Å². The maximum absolute atomic E-state index is 12.1. The number of amidine groups is 1. The molecule has 26 heavy (non-hydrogen) atoms. The van der Waals surface area contributed by atoms with E-state index in [9.17, 15) is 9.59 Å². The van der Waals surface area contributed by atoms with Gasteiger partial charge in [-0.25, -0.2) is 4.99 Å². The number of benzene rings is 2. The molecule has 1 atom stereocenters. The normalized spacial score (nSPS) is 18.0. The highest BCUT2D eigenvalue weighted by Crippen LogP contribution is 2.25. The first kappa shape index (κ1) is 18.2. The van der Waals surface area contributed by atoms with Crippen molar-refractivity contribution in [3.63, 3.8) is 0 Å². The van der Waals surface area contributed by atoms with Crippen LogP contribution >= 0.6 is 11.8 Å². The lowest BCUT2D eigenvalue weighted by Gasteiger charge is -2.07. The lowest BCUT2D eigenvalue weighted by molar-refractivity contribution is -0.125. The van der Waals surface area contributed by atoms with Crippen molar-refractivity contribution in [3.8, 4) is 0 Å². The molecule has 1 aliphatic rings. The van der Waals surface area contributed by atoms with Crippen LogP contribution in [-0.2, 0) is 16.0 Å². The van der Waals surface area contributed by atoms with Crippen molar-refractivity contribution >= 4 is 34.4 Å². The number of rotatable bonds is 6. The van der Waals surface area contributed by atoms with E-state index in [0.29, 0.717) is 11.7 Å². The molecule has 0 spiro atoms. The number of carbonyl (C=O) groups excluding carboxylic acids is 2. The summed E-state index contributed by atoms with van der Waals surface area (Å²) in [7, 11) is 0. The summed E-state index contributed by atoms with van der Waals surface area (Å²) in [4.78, 5) is 28.6. The first-order valence-corrected chi connectivity index (χ1v) is 9.41. The molecule has 5 nitrogen and oxygen atoms in total. The smallest absolute Gasteiger partial charge is 0.240 e. The van der Waals surface area contributed by atoms with Crippen molar-refractivity contribution in [2.45, 2.75) is 25.0 Å². The fourth-order valence-corrected chi connectivity index (χ4v) is 3.55. The Morgan fingerprint density at radius 2 is 1.88 bits per heavy atom. The van der Waals surface area contributed by atoms with Crippen molar-refractivity contribution in [2.24, 2.45) is 4.99 Å². The molecular weight excluding hydrogens is 346 g/mol. The molecule has 1 heterocycles. The number of nitrogens with one attached hydrogen (secondary N) is 2. The van der Waals surface area contributed by atoms with Crippen molar-refractivity contribution < 1.29 is 9.59 Å². The maximum atomic E-state index is 12.1. The fraction of sp³-hybridized carbons (Fsp3) is 0.250. The summed E-state index contributed by atoms with van der Waals surface area (Å²) in [6.45, 7) is 2.57. The van der Waals surface area contributed by atoms with Gasteiger partial charge in [0.15, 0.2) is 5.17 Å². The number of amides is 2. The summed E-state index contributed by atoms with van der Waals surface area (Å²) < 4.78 is 0. The molecule has 2 N–H and O–H groups in total. The van der Waals surface area contributed by atoms with Gasteiger partial charge >= 0.3 is 0 Å². The first-order valence-electron chi connectivity index (χ1n) is 8.53. The van der Waals surface area contributed by atoms with Crippen molar-refractivity contribution in [1.82, 2.24) is 10.6 Å². The third kappa shape index (κ3) is 5.20. The molecular formula is C20H21N3O2S. The molecule has 3 rings (SSSR count). The molecule has 6 heteroatoms. The summed E-state index contributed by atoms with van der Waals surface area (Å²) >= 11 is 1.30. The van der Waals surface area contributed by atoms with Gasteiger partial charge in [-0.1, -0.05) is 59.8 Å². The Morgan fingerprint density at radius 3 is 2.62 bits per heavy atom. The molecule has 2 amide bonds. The van der Waals surface area contributed by atoms with Crippen LogP contribution in [0.25, 0.3) is 0 Å². The van der Waals surface area contributed by atoms with Gasteiger partial charge in [0.2, 0.25) is 11.8 Å². The summed E-state index contributed by atoms with van der Waals surface area (Å²) in [5.41, 5.74) is 3.11. The second-order valence-corrected chi connectivity index (χ2v) is 7.33. The zero-order chi connectivity index (χ0) is 18.4. The molecule has 0 radical (unpaired) electrons. The van der Waals surface area contributed by atoms with Crippen molar-refractivity contribution in [3.05, 3.63) is 65.7 Å². The molecule has 1 aliphatic heterocycles. The Hall–Kier alpha value is -2.60. The minimum absolute atomic E-state index is 0.120. The van der Waals surface area contributed by atoms with Gasteiger partial charge in [-0.2, -0.15) is 0 Å². The topological polar surface area (TPSA) is 70.6 Å². The molecule has 0 unspecified atom stereocenters. The van der Waals surface area contributed by atoms with E-state index >= 15 is 0 Å². The molecule has 0 bridgehead atoms. The van der Waals surface area contributed by atoms with Gasteiger partial charge in [0.1, 0.15) is 5.25 Å². The Balaban J connectivity index is 1.48. The summed E-state index contributed by atoms with van der Waals surface area (Å²) in [6, 6.07) is 17.7. The van der Waals surface area contributed by atoms with E-state index < -0.39 is 5.25 Å². The molecule has 2 aromatic rings. The van der Waals surface area contributed by atoms with Crippen molar-refractivity contribution in [1.29, 1.82) is 0 Å². The Bertz CT molecular complexity index is 804. The van der Waals surface area contributed by atoms with Gasteiger partial charge in [-0.05, 0) is 31.0 Å². The maximum Gasteiger partial charge on any atom is 0.240 e. The number of carbonyl (C=O) groups is 2. The largest absolute Gasteiger partial charge is 0.356 e. The quantitative estimate of drug-likeness (QED) is 0.825. The van der Waals surface area contributed by atoms with E-state index in [0.717, 1.165) is 17.7 Å². The Morgan fingerprint density at radius 1 is 1.15 bits per heavy atom. The highest BCUT2D eigenvalue weighted by atomic mass is 32.2. The van der Waals surface area contributed by atoms with Crippen LogP contribution in [0.15, 0.2) is 59.6 Å². The lowest BCUT2D eigenvalue weighted by atomic mass is 10.1. The first-order chi connectivity index (χ1) is 12.6. The predicted molar refractivity (Wildman–Crippen MR) is 106 cm³/mol. The van der Waals surface area contributed by atoms with Crippen LogP contribution in [0.3, 0.4) is 0 Å². The molecule has 0 saturated carbocycles. The van der Waals surface area contributed by atoms with E-state index in [2.05, 4.69) is 15.6 Å². The Kier molecular flexibility index (Phi) is 6.07. The summed E-state index contributed by atoms with van der Waals surface area (Å²) in [5.74, 6) is -0.288. The third-order valence-corrected chi connectivity index (χ3v) is 5.07. The average Bonchev–Trinajstić information content (AvgIpc) is 2.97. The van der Waals surface area contributed by atoms with Crippen LogP contribution in [0.5, 0.6) is 0 Å². The van der Waals surface area contributed by atoms with Gasteiger partial charge in [0.25, 0.3) is 0 Å². The third-order valence-electron chi connectivity index (χ3n) is 3.99. The van der Waals surface area contributed by atoms with Crippen molar-refractivity contribution in [2.75, 3.05) is 6.54 Å². The Labute approximate surface area is 157 Å². The molecule has 0 aromatic heterocycles. The molecule has 134 valence electrons. The molecule has 1 saturated heterocycles. The van der Waals surface area contributed by atoms with Gasteiger partial charge < -0.3 is 10.6 Å². The summed E-state index contributed by atoms with van der Waals surface area (Å²) in [6.07, 6.45) is 0.926. The number of hydrogen-bond donors (Lipinski definition) is 2. The SMILES string of the molecule is Cc1ccc(N=C2NC(=O)[C@@H](CC(=O)NCCc3ccccc3)S2)cc1.